The highest BCUT2D eigenvalue weighted by Crippen LogP contribution is 2.25. The van der Waals surface area contributed by atoms with Gasteiger partial charge in [-0.25, -0.2) is 8.42 Å². The highest BCUT2D eigenvalue weighted by atomic mass is 35.5. The monoisotopic (exact) mass is 344 g/mol. The molecule has 1 atom stereocenters. The molecule has 1 aromatic heterocycles. The molecule has 0 aliphatic carbocycles. The molecule has 1 N–H and O–H groups in total. The molecule has 7 heteroatoms. The maximum absolute atomic E-state index is 12.3. The standard InChI is InChI=1S/C14H13ClO4S2/c15-13-7-6-11(20-13)9-21(18,19)12(14(16)17)8-10-4-2-1-3-5-10/h1-7,12H,8-9H2,(H,16,17). The summed E-state index contributed by atoms with van der Waals surface area (Å²) in [6.45, 7) is 0. The van der Waals surface area contributed by atoms with E-state index in [1.165, 1.54) is 0 Å². The third-order valence-corrected chi connectivity index (χ3v) is 6.31. The molecule has 112 valence electrons. The van der Waals surface area contributed by atoms with Crippen LogP contribution in [-0.4, -0.2) is 24.7 Å². The second kappa shape index (κ2) is 6.60. The van der Waals surface area contributed by atoms with E-state index in [-0.39, 0.29) is 12.2 Å². The molecule has 1 unspecified atom stereocenters. The van der Waals surface area contributed by atoms with Gasteiger partial charge in [0.15, 0.2) is 15.1 Å². The molecule has 1 aromatic carbocycles. The molecule has 2 rings (SSSR count). The Morgan fingerprint density at radius 1 is 1.19 bits per heavy atom. The van der Waals surface area contributed by atoms with Gasteiger partial charge in [0.2, 0.25) is 0 Å². The second-order valence-corrected chi connectivity index (χ2v) is 8.51. The topological polar surface area (TPSA) is 71.4 Å². The molecule has 21 heavy (non-hydrogen) atoms. The average molecular weight is 345 g/mol. The van der Waals surface area contributed by atoms with Crippen molar-refractivity contribution in [2.75, 3.05) is 0 Å². The lowest BCUT2D eigenvalue weighted by Crippen LogP contribution is -2.33. The molecule has 0 bridgehead atoms. The Morgan fingerprint density at radius 2 is 1.86 bits per heavy atom. The van der Waals surface area contributed by atoms with Crippen LogP contribution in [-0.2, 0) is 26.8 Å². The Hall–Kier alpha value is -1.37. The number of benzene rings is 1. The van der Waals surface area contributed by atoms with Crippen LogP contribution in [0.2, 0.25) is 4.34 Å². The van der Waals surface area contributed by atoms with E-state index < -0.39 is 21.1 Å². The summed E-state index contributed by atoms with van der Waals surface area (Å²) < 4.78 is 25.2. The van der Waals surface area contributed by atoms with Gasteiger partial charge in [0.25, 0.3) is 0 Å². The van der Waals surface area contributed by atoms with Gasteiger partial charge >= 0.3 is 5.97 Å². The van der Waals surface area contributed by atoms with Crippen LogP contribution in [0.25, 0.3) is 0 Å². The zero-order valence-electron chi connectivity index (χ0n) is 10.9. The third kappa shape index (κ3) is 4.30. The van der Waals surface area contributed by atoms with E-state index in [9.17, 15) is 18.3 Å². The van der Waals surface area contributed by atoms with Crippen molar-refractivity contribution >= 4 is 38.7 Å². The van der Waals surface area contributed by atoms with E-state index in [0.717, 1.165) is 11.3 Å². The molecule has 0 spiro atoms. The van der Waals surface area contributed by atoms with Crippen LogP contribution in [0.15, 0.2) is 42.5 Å². The summed E-state index contributed by atoms with van der Waals surface area (Å²) >= 11 is 6.91. The average Bonchev–Trinajstić information content (AvgIpc) is 2.81. The minimum atomic E-state index is -3.81. The molecule has 0 saturated heterocycles. The molecule has 4 nitrogen and oxygen atoms in total. The number of hydrogen-bond acceptors (Lipinski definition) is 4. The van der Waals surface area contributed by atoms with Crippen molar-refractivity contribution in [3.05, 3.63) is 57.2 Å². The van der Waals surface area contributed by atoms with Crippen molar-refractivity contribution in [1.82, 2.24) is 0 Å². The molecule has 0 aliphatic heterocycles. The number of thiophene rings is 1. The molecule has 0 amide bonds. The van der Waals surface area contributed by atoms with E-state index in [4.69, 9.17) is 11.6 Å². The fourth-order valence-electron chi connectivity index (χ4n) is 1.92. The predicted molar refractivity (Wildman–Crippen MR) is 83.5 cm³/mol. The Bertz CT molecular complexity index is 722. The smallest absolute Gasteiger partial charge is 0.322 e. The van der Waals surface area contributed by atoms with Crippen molar-refractivity contribution in [1.29, 1.82) is 0 Å². The minimum absolute atomic E-state index is 0.0440. The molecule has 0 saturated carbocycles. The molecular formula is C14H13ClO4S2. The SMILES string of the molecule is O=C(O)C(Cc1ccccc1)S(=O)(=O)Cc1ccc(Cl)s1. The van der Waals surface area contributed by atoms with Gasteiger partial charge in [-0.1, -0.05) is 41.9 Å². The van der Waals surface area contributed by atoms with Crippen LogP contribution in [0, 0.1) is 0 Å². The van der Waals surface area contributed by atoms with Gasteiger partial charge < -0.3 is 5.11 Å². The van der Waals surface area contributed by atoms with Crippen molar-refractivity contribution in [3.8, 4) is 0 Å². The van der Waals surface area contributed by atoms with Crippen LogP contribution < -0.4 is 0 Å². The fourth-order valence-corrected chi connectivity index (χ4v) is 4.98. The van der Waals surface area contributed by atoms with Gasteiger partial charge in [0.1, 0.15) is 0 Å². The highest BCUT2D eigenvalue weighted by molar-refractivity contribution is 7.92. The summed E-state index contributed by atoms with van der Waals surface area (Å²) in [7, 11) is -3.81. The maximum atomic E-state index is 12.3. The first-order valence-electron chi connectivity index (χ1n) is 6.11. The number of aliphatic carboxylic acids is 1. The lowest BCUT2D eigenvalue weighted by atomic mass is 10.1. The largest absolute Gasteiger partial charge is 0.480 e. The zero-order valence-corrected chi connectivity index (χ0v) is 13.3. The van der Waals surface area contributed by atoms with Gasteiger partial charge in [0.05, 0.1) is 10.1 Å². The summed E-state index contributed by atoms with van der Waals surface area (Å²) in [6, 6.07) is 11.9. The van der Waals surface area contributed by atoms with Crippen molar-refractivity contribution in [2.45, 2.75) is 17.4 Å². The number of hydrogen-bond donors (Lipinski definition) is 1. The number of carboxylic acids is 1. The Labute approximate surface area is 131 Å². The normalized spacial score (nSPS) is 13.0. The van der Waals surface area contributed by atoms with Gasteiger partial charge in [-0.05, 0) is 24.1 Å². The second-order valence-electron chi connectivity index (χ2n) is 4.53. The number of sulfone groups is 1. The van der Waals surface area contributed by atoms with Crippen LogP contribution in [0.4, 0.5) is 0 Å². The number of carbonyl (C=O) groups is 1. The summed E-state index contributed by atoms with van der Waals surface area (Å²) in [4.78, 5) is 11.9. The zero-order chi connectivity index (χ0) is 15.5. The number of carboxylic acid groups (broad SMARTS) is 1. The molecule has 0 aliphatic rings. The lowest BCUT2D eigenvalue weighted by Gasteiger charge is -2.13. The van der Waals surface area contributed by atoms with Crippen molar-refractivity contribution < 1.29 is 18.3 Å². The predicted octanol–water partition coefficient (Wildman–Crippen LogP) is 3.01. The van der Waals surface area contributed by atoms with Crippen molar-refractivity contribution in [3.63, 3.8) is 0 Å². The van der Waals surface area contributed by atoms with Gasteiger partial charge in [0, 0.05) is 4.88 Å². The molecule has 2 aromatic rings. The van der Waals surface area contributed by atoms with Gasteiger partial charge in [-0.15, -0.1) is 11.3 Å². The Kier molecular flexibility index (Phi) is 5.03. The van der Waals surface area contributed by atoms with E-state index in [1.807, 2.05) is 0 Å². The van der Waals surface area contributed by atoms with Gasteiger partial charge in [-0.3, -0.25) is 4.79 Å². The molecule has 0 fully saturated rings. The lowest BCUT2D eigenvalue weighted by molar-refractivity contribution is -0.136. The first-order chi connectivity index (χ1) is 9.88. The number of rotatable bonds is 6. The van der Waals surface area contributed by atoms with Crippen LogP contribution >= 0.6 is 22.9 Å². The Balaban J connectivity index is 2.22. The first-order valence-corrected chi connectivity index (χ1v) is 9.02. The fraction of sp³-hybridized carbons (Fsp3) is 0.214. The molecular weight excluding hydrogens is 332 g/mol. The Morgan fingerprint density at radius 3 is 2.38 bits per heavy atom. The summed E-state index contributed by atoms with van der Waals surface area (Å²) in [5.41, 5.74) is 0.678. The summed E-state index contributed by atoms with van der Waals surface area (Å²) in [5.74, 6) is -1.64. The highest BCUT2D eigenvalue weighted by Gasteiger charge is 2.33. The third-order valence-electron chi connectivity index (χ3n) is 2.95. The quantitative estimate of drug-likeness (QED) is 0.874. The summed E-state index contributed by atoms with van der Waals surface area (Å²) in [6.07, 6.45) is -0.0440. The van der Waals surface area contributed by atoms with Crippen LogP contribution in [0.5, 0.6) is 0 Å². The molecule has 0 radical (unpaired) electrons. The first kappa shape index (κ1) is 16.0. The summed E-state index contributed by atoms with van der Waals surface area (Å²) in [5, 5.41) is 7.79. The maximum Gasteiger partial charge on any atom is 0.322 e. The van der Waals surface area contributed by atoms with E-state index >= 15 is 0 Å². The van der Waals surface area contributed by atoms with Gasteiger partial charge in [-0.2, -0.15) is 0 Å². The van der Waals surface area contributed by atoms with E-state index in [0.29, 0.717) is 14.8 Å². The van der Waals surface area contributed by atoms with E-state index in [2.05, 4.69) is 0 Å². The van der Waals surface area contributed by atoms with Crippen LogP contribution in [0.3, 0.4) is 0 Å². The number of halogens is 1. The van der Waals surface area contributed by atoms with Crippen LogP contribution in [0.1, 0.15) is 10.4 Å². The molecule has 1 heterocycles. The van der Waals surface area contributed by atoms with E-state index in [1.54, 1.807) is 42.5 Å². The minimum Gasteiger partial charge on any atom is -0.480 e. The van der Waals surface area contributed by atoms with Crippen molar-refractivity contribution in [2.24, 2.45) is 0 Å².